The molecule has 0 fully saturated rings. The molecule has 122 valence electrons. The van der Waals surface area contributed by atoms with Crippen molar-refractivity contribution in [3.8, 4) is 5.69 Å². The molecule has 7 nitrogen and oxygen atoms in total. The molecule has 3 rings (SSSR count). The highest BCUT2D eigenvalue weighted by Gasteiger charge is 2.09. The van der Waals surface area contributed by atoms with Crippen LogP contribution in [-0.2, 0) is 4.74 Å². The van der Waals surface area contributed by atoms with Crippen LogP contribution in [0.1, 0.15) is 10.4 Å². The Morgan fingerprint density at radius 1 is 1.17 bits per heavy atom. The average Bonchev–Trinajstić information content (AvgIpc) is 2.63. The summed E-state index contributed by atoms with van der Waals surface area (Å²) in [5.41, 5.74) is 1.34. The SMILES string of the molecule is COCCNC(=O)c1ccc(-n2nnc3ccccc3c2=O)cc1. The zero-order valence-corrected chi connectivity index (χ0v) is 13.1. The summed E-state index contributed by atoms with van der Waals surface area (Å²) >= 11 is 0. The lowest BCUT2D eigenvalue weighted by Gasteiger charge is -2.07. The van der Waals surface area contributed by atoms with Gasteiger partial charge in [0, 0.05) is 19.2 Å². The van der Waals surface area contributed by atoms with Crippen LogP contribution in [0.2, 0.25) is 0 Å². The van der Waals surface area contributed by atoms with Gasteiger partial charge in [0.15, 0.2) is 0 Å². The first kappa shape index (κ1) is 15.8. The Bertz CT molecular complexity index is 919. The summed E-state index contributed by atoms with van der Waals surface area (Å²) in [4.78, 5) is 24.4. The molecule has 2 aromatic carbocycles. The Balaban J connectivity index is 1.87. The fraction of sp³-hybridized carbons (Fsp3) is 0.176. The molecule has 1 N–H and O–H groups in total. The van der Waals surface area contributed by atoms with Gasteiger partial charge in [0.1, 0.15) is 5.52 Å². The molecule has 1 heterocycles. The second-order valence-electron chi connectivity index (χ2n) is 5.12. The summed E-state index contributed by atoms with van der Waals surface area (Å²) in [6.45, 7) is 0.887. The number of amides is 1. The normalized spacial score (nSPS) is 10.7. The van der Waals surface area contributed by atoms with E-state index in [2.05, 4.69) is 15.6 Å². The van der Waals surface area contributed by atoms with Crippen molar-refractivity contribution >= 4 is 16.8 Å². The third kappa shape index (κ3) is 3.16. The van der Waals surface area contributed by atoms with Gasteiger partial charge in [0.25, 0.3) is 11.5 Å². The van der Waals surface area contributed by atoms with E-state index in [-0.39, 0.29) is 11.5 Å². The number of nitrogens with one attached hydrogen (secondary N) is 1. The van der Waals surface area contributed by atoms with E-state index in [0.29, 0.717) is 35.3 Å². The van der Waals surface area contributed by atoms with Gasteiger partial charge in [-0.05, 0) is 36.4 Å². The van der Waals surface area contributed by atoms with Gasteiger partial charge < -0.3 is 10.1 Å². The molecule has 0 atom stereocenters. The van der Waals surface area contributed by atoms with Gasteiger partial charge in [-0.2, -0.15) is 4.68 Å². The maximum absolute atomic E-state index is 12.5. The number of nitrogens with zero attached hydrogens (tertiary/aromatic N) is 3. The zero-order chi connectivity index (χ0) is 16.9. The van der Waals surface area contributed by atoms with E-state index in [1.165, 1.54) is 4.68 Å². The predicted molar refractivity (Wildman–Crippen MR) is 89.3 cm³/mol. The first-order chi connectivity index (χ1) is 11.7. The van der Waals surface area contributed by atoms with Crippen molar-refractivity contribution in [1.82, 2.24) is 20.3 Å². The van der Waals surface area contributed by atoms with Crippen LogP contribution in [0.25, 0.3) is 16.6 Å². The van der Waals surface area contributed by atoms with E-state index < -0.39 is 0 Å². The number of ether oxygens (including phenoxy) is 1. The van der Waals surface area contributed by atoms with Gasteiger partial charge in [-0.25, -0.2) is 0 Å². The fourth-order valence-corrected chi connectivity index (χ4v) is 2.28. The van der Waals surface area contributed by atoms with Crippen molar-refractivity contribution in [3.05, 3.63) is 64.4 Å². The highest BCUT2D eigenvalue weighted by atomic mass is 16.5. The van der Waals surface area contributed by atoms with Gasteiger partial charge >= 0.3 is 0 Å². The van der Waals surface area contributed by atoms with E-state index in [0.717, 1.165) is 0 Å². The Hall–Kier alpha value is -3.06. The standard InChI is InChI=1S/C17H16N4O3/c1-24-11-10-18-16(22)12-6-8-13(9-7-12)21-17(23)14-4-2-3-5-15(14)19-20-21/h2-9H,10-11H2,1H3,(H,18,22). The first-order valence-electron chi connectivity index (χ1n) is 7.43. The van der Waals surface area contributed by atoms with Crippen LogP contribution >= 0.6 is 0 Å². The number of hydrogen-bond acceptors (Lipinski definition) is 5. The molecule has 1 amide bonds. The number of benzene rings is 2. The molecule has 0 radical (unpaired) electrons. The van der Waals surface area contributed by atoms with Crippen molar-refractivity contribution in [3.63, 3.8) is 0 Å². The number of carbonyl (C=O) groups excluding carboxylic acids is 1. The number of aromatic nitrogens is 3. The predicted octanol–water partition coefficient (Wildman–Crippen LogP) is 1.16. The molecule has 3 aromatic rings. The molecule has 7 heteroatoms. The van der Waals surface area contributed by atoms with Crippen LogP contribution in [-0.4, -0.2) is 41.2 Å². The second kappa shape index (κ2) is 7.01. The summed E-state index contributed by atoms with van der Waals surface area (Å²) in [7, 11) is 1.57. The Morgan fingerprint density at radius 2 is 1.92 bits per heavy atom. The number of rotatable bonds is 5. The van der Waals surface area contributed by atoms with Gasteiger partial charge in [0.2, 0.25) is 0 Å². The van der Waals surface area contributed by atoms with E-state index in [1.807, 2.05) is 0 Å². The van der Waals surface area contributed by atoms with E-state index in [1.54, 1.807) is 55.6 Å². The molecule has 24 heavy (non-hydrogen) atoms. The van der Waals surface area contributed by atoms with Crippen LogP contribution in [0.4, 0.5) is 0 Å². The lowest BCUT2D eigenvalue weighted by atomic mass is 10.2. The molecule has 0 aliphatic carbocycles. The molecule has 0 aliphatic heterocycles. The zero-order valence-electron chi connectivity index (χ0n) is 13.1. The third-order valence-corrected chi connectivity index (χ3v) is 3.53. The first-order valence-corrected chi connectivity index (χ1v) is 7.43. The summed E-state index contributed by atoms with van der Waals surface area (Å²) < 4.78 is 6.10. The van der Waals surface area contributed by atoms with Crippen LogP contribution in [0.3, 0.4) is 0 Å². The minimum Gasteiger partial charge on any atom is -0.383 e. The van der Waals surface area contributed by atoms with Gasteiger partial charge in [0.05, 0.1) is 17.7 Å². The van der Waals surface area contributed by atoms with Crippen LogP contribution in [0.5, 0.6) is 0 Å². The average molecular weight is 324 g/mol. The van der Waals surface area contributed by atoms with Crippen molar-refractivity contribution in [2.24, 2.45) is 0 Å². The molecular weight excluding hydrogens is 308 g/mol. The summed E-state index contributed by atoms with van der Waals surface area (Å²) in [5, 5.41) is 11.2. The molecule has 0 saturated heterocycles. The fourth-order valence-electron chi connectivity index (χ4n) is 2.28. The van der Waals surface area contributed by atoms with E-state index in [9.17, 15) is 9.59 Å². The largest absolute Gasteiger partial charge is 0.383 e. The third-order valence-electron chi connectivity index (χ3n) is 3.53. The number of carbonyl (C=O) groups is 1. The highest BCUT2D eigenvalue weighted by molar-refractivity contribution is 5.94. The maximum atomic E-state index is 12.5. The molecule has 0 saturated carbocycles. The number of methoxy groups -OCH3 is 1. The Labute approximate surface area is 137 Å². The number of hydrogen-bond donors (Lipinski definition) is 1. The minimum atomic E-state index is -0.252. The molecule has 0 spiro atoms. The Kier molecular flexibility index (Phi) is 4.62. The number of fused-ring (bicyclic) bond motifs is 1. The van der Waals surface area contributed by atoms with Crippen molar-refractivity contribution in [2.75, 3.05) is 20.3 Å². The lowest BCUT2D eigenvalue weighted by molar-refractivity contribution is 0.0937. The molecule has 1 aromatic heterocycles. The second-order valence-corrected chi connectivity index (χ2v) is 5.12. The minimum absolute atomic E-state index is 0.199. The van der Waals surface area contributed by atoms with Gasteiger partial charge in [-0.15, -0.1) is 5.10 Å². The van der Waals surface area contributed by atoms with Crippen molar-refractivity contribution < 1.29 is 9.53 Å². The summed E-state index contributed by atoms with van der Waals surface area (Å²) in [6.07, 6.45) is 0. The quantitative estimate of drug-likeness (QED) is 0.712. The monoisotopic (exact) mass is 324 g/mol. The van der Waals surface area contributed by atoms with E-state index >= 15 is 0 Å². The molecular formula is C17H16N4O3. The Morgan fingerprint density at radius 3 is 2.67 bits per heavy atom. The smallest absolute Gasteiger partial charge is 0.282 e. The molecule has 0 unspecified atom stereocenters. The van der Waals surface area contributed by atoms with Crippen LogP contribution < -0.4 is 10.9 Å². The topological polar surface area (TPSA) is 86.1 Å². The van der Waals surface area contributed by atoms with Crippen molar-refractivity contribution in [2.45, 2.75) is 0 Å². The van der Waals surface area contributed by atoms with Crippen LogP contribution in [0, 0.1) is 0 Å². The van der Waals surface area contributed by atoms with Gasteiger partial charge in [-0.3, -0.25) is 9.59 Å². The highest BCUT2D eigenvalue weighted by Crippen LogP contribution is 2.09. The van der Waals surface area contributed by atoms with Crippen LogP contribution in [0.15, 0.2) is 53.3 Å². The molecule has 0 aliphatic rings. The lowest BCUT2D eigenvalue weighted by Crippen LogP contribution is -2.27. The molecule has 0 bridgehead atoms. The van der Waals surface area contributed by atoms with Crippen molar-refractivity contribution in [1.29, 1.82) is 0 Å². The maximum Gasteiger partial charge on any atom is 0.282 e. The van der Waals surface area contributed by atoms with E-state index in [4.69, 9.17) is 4.74 Å². The summed E-state index contributed by atoms with van der Waals surface area (Å²) in [5.74, 6) is -0.199. The van der Waals surface area contributed by atoms with Gasteiger partial charge in [-0.1, -0.05) is 17.3 Å². The summed E-state index contributed by atoms with van der Waals surface area (Å²) in [6, 6.07) is 13.6.